The minimum Gasteiger partial charge on any atom is -0.476 e. The second-order valence-corrected chi connectivity index (χ2v) is 6.38. The quantitative estimate of drug-likeness (QED) is 0.733. The Balaban J connectivity index is 1.72. The molecule has 0 aliphatic heterocycles. The van der Waals surface area contributed by atoms with Crippen molar-refractivity contribution in [1.82, 2.24) is 25.1 Å². The summed E-state index contributed by atoms with van der Waals surface area (Å²) in [6.07, 6.45) is 3.18. The molecule has 24 heavy (non-hydrogen) atoms. The summed E-state index contributed by atoms with van der Waals surface area (Å²) < 4.78 is 1.79. The molecule has 0 radical (unpaired) electrons. The maximum Gasteiger partial charge on any atom is 0.355 e. The smallest absolute Gasteiger partial charge is 0.355 e. The van der Waals surface area contributed by atoms with E-state index in [9.17, 15) is 9.59 Å². The highest BCUT2D eigenvalue weighted by Gasteiger charge is 2.13. The minimum absolute atomic E-state index is 0.0200. The third kappa shape index (κ3) is 3.11. The molecule has 9 heteroatoms. The van der Waals surface area contributed by atoms with E-state index in [1.807, 2.05) is 13.8 Å². The number of fused-ring (bicyclic) bond motifs is 1. The Kier molecular flexibility index (Phi) is 4.26. The number of thiazole rings is 1. The number of hydrogen-bond donors (Lipinski definition) is 2. The molecular weight excluding hydrogens is 330 g/mol. The number of aromatic carboxylic acids is 1. The van der Waals surface area contributed by atoms with Crippen LogP contribution in [-0.4, -0.2) is 36.7 Å². The van der Waals surface area contributed by atoms with E-state index in [0.29, 0.717) is 10.6 Å². The van der Waals surface area contributed by atoms with Crippen LogP contribution in [0.15, 0.2) is 23.8 Å². The summed E-state index contributed by atoms with van der Waals surface area (Å²) in [6, 6.07) is 1.91. The summed E-state index contributed by atoms with van der Waals surface area (Å²) in [5.41, 5.74) is 1.13. The number of aromatic nitrogens is 4. The van der Waals surface area contributed by atoms with Gasteiger partial charge in [-0.15, -0.1) is 11.3 Å². The van der Waals surface area contributed by atoms with Crippen LogP contribution in [-0.2, 0) is 6.54 Å². The van der Waals surface area contributed by atoms with Crippen LogP contribution in [0.4, 0.5) is 0 Å². The molecule has 0 aromatic carbocycles. The molecule has 0 saturated heterocycles. The second kappa shape index (κ2) is 6.36. The molecule has 1 amide bonds. The molecule has 2 N–H and O–H groups in total. The average Bonchev–Trinajstić information content (AvgIpc) is 3.18. The van der Waals surface area contributed by atoms with Crippen LogP contribution in [0.25, 0.3) is 11.0 Å². The normalized spacial score (nSPS) is 11.1. The third-order valence-electron chi connectivity index (χ3n) is 3.36. The van der Waals surface area contributed by atoms with Gasteiger partial charge in [0.2, 0.25) is 0 Å². The van der Waals surface area contributed by atoms with Crippen LogP contribution in [0, 0.1) is 0 Å². The van der Waals surface area contributed by atoms with Crippen molar-refractivity contribution < 1.29 is 14.7 Å². The summed E-state index contributed by atoms with van der Waals surface area (Å²) in [5, 5.41) is 18.6. The summed E-state index contributed by atoms with van der Waals surface area (Å²) in [6.45, 7) is 4.18. The van der Waals surface area contributed by atoms with Gasteiger partial charge in [-0.2, -0.15) is 5.10 Å². The number of nitrogens with zero attached hydrogens (tertiary/aromatic N) is 4. The Hall–Kier alpha value is -2.81. The number of carbonyl (C=O) groups excluding carboxylic acids is 1. The highest BCUT2D eigenvalue weighted by atomic mass is 32.1. The van der Waals surface area contributed by atoms with Gasteiger partial charge in [0.1, 0.15) is 5.01 Å². The number of rotatable bonds is 5. The third-order valence-corrected chi connectivity index (χ3v) is 4.20. The highest BCUT2D eigenvalue weighted by Crippen LogP contribution is 2.17. The van der Waals surface area contributed by atoms with Crippen LogP contribution < -0.4 is 5.32 Å². The van der Waals surface area contributed by atoms with Gasteiger partial charge in [0.25, 0.3) is 5.91 Å². The Labute approximate surface area is 141 Å². The monoisotopic (exact) mass is 345 g/mol. The lowest BCUT2D eigenvalue weighted by molar-refractivity contribution is 0.0691. The van der Waals surface area contributed by atoms with Crippen molar-refractivity contribution in [3.63, 3.8) is 0 Å². The lowest BCUT2D eigenvalue weighted by Gasteiger charge is -2.06. The second-order valence-electron chi connectivity index (χ2n) is 5.43. The zero-order chi connectivity index (χ0) is 17.3. The van der Waals surface area contributed by atoms with Crippen LogP contribution in [0.2, 0.25) is 0 Å². The van der Waals surface area contributed by atoms with E-state index in [-0.39, 0.29) is 24.2 Å². The van der Waals surface area contributed by atoms with Gasteiger partial charge in [0.15, 0.2) is 11.3 Å². The first-order chi connectivity index (χ1) is 11.5. The van der Waals surface area contributed by atoms with E-state index in [2.05, 4.69) is 20.4 Å². The van der Waals surface area contributed by atoms with E-state index in [1.54, 1.807) is 16.9 Å². The number of amides is 1. The molecule has 3 rings (SSSR count). The molecule has 3 heterocycles. The van der Waals surface area contributed by atoms with Gasteiger partial charge < -0.3 is 10.4 Å². The SMILES string of the molecule is CC(C)n1ncc2cc(C(=O)NCc3nc(C(=O)O)cs3)cnc21. The van der Waals surface area contributed by atoms with E-state index in [0.717, 1.165) is 11.0 Å². The number of carbonyl (C=O) groups is 2. The van der Waals surface area contributed by atoms with E-state index in [1.165, 1.54) is 22.9 Å². The molecule has 0 saturated carbocycles. The van der Waals surface area contributed by atoms with Crippen molar-refractivity contribution in [3.05, 3.63) is 40.1 Å². The molecule has 0 aliphatic carbocycles. The lowest BCUT2D eigenvalue weighted by Crippen LogP contribution is -2.23. The fourth-order valence-corrected chi connectivity index (χ4v) is 2.90. The van der Waals surface area contributed by atoms with Crippen molar-refractivity contribution in [2.24, 2.45) is 0 Å². The van der Waals surface area contributed by atoms with Crippen molar-refractivity contribution in [3.8, 4) is 0 Å². The molecule has 8 nitrogen and oxygen atoms in total. The Bertz CT molecular complexity index is 915. The number of carboxylic acid groups (broad SMARTS) is 1. The molecule has 124 valence electrons. The molecule has 0 aliphatic rings. The fraction of sp³-hybridized carbons (Fsp3) is 0.267. The predicted octanol–water partition coefficient (Wildman–Crippen LogP) is 2.10. The topological polar surface area (TPSA) is 110 Å². The first kappa shape index (κ1) is 16.1. The van der Waals surface area contributed by atoms with Gasteiger partial charge in [0, 0.05) is 23.0 Å². The zero-order valence-electron chi connectivity index (χ0n) is 13.1. The summed E-state index contributed by atoms with van der Waals surface area (Å²) in [5.74, 6) is -1.38. The van der Waals surface area contributed by atoms with Crippen LogP contribution >= 0.6 is 11.3 Å². The zero-order valence-corrected chi connectivity index (χ0v) is 13.9. The largest absolute Gasteiger partial charge is 0.476 e. The molecule has 0 bridgehead atoms. The molecular formula is C15H15N5O3S. The lowest BCUT2D eigenvalue weighted by atomic mass is 10.2. The minimum atomic E-state index is -1.08. The number of pyridine rings is 1. The van der Waals surface area contributed by atoms with Gasteiger partial charge in [-0.25, -0.2) is 19.4 Å². The number of carboxylic acids is 1. The van der Waals surface area contributed by atoms with E-state index < -0.39 is 5.97 Å². The highest BCUT2D eigenvalue weighted by molar-refractivity contribution is 7.09. The van der Waals surface area contributed by atoms with Gasteiger partial charge in [0.05, 0.1) is 18.3 Å². The maximum atomic E-state index is 12.2. The van der Waals surface area contributed by atoms with Crippen LogP contribution in [0.5, 0.6) is 0 Å². The average molecular weight is 345 g/mol. The standard InChI is InChI=1S/C15H15N5O3S/c1-8(2)20-13-9(5-18-20)3-10(4-16-13)14(21)17-6-12-19-11(7-24-12)15(22)23/h3-5,7-8H,6H2,1-2H3,(H,17,21)(H,22,23). The van der Waals surface area contributed by atoms with Crippen molar-refractivity contribution in [2.75, 3.05) is 0 Å². The molecule has 0 atom stereocenters. The van der Waals surface area contributed by atoms with Crippen LogP contribution in [0.3, 0.4) is 0 Å². The Morgan fingerprint density at radius 3 is 2.83 bits per heavy atom. The summed E-state index contributed by atoms with van der Waals surface area (Å²) >= 11 is 1.19. The molecule has 3 aromatic rings. The van der Waals surface area contributed by atoms with Gasteiger partial charge in [-0.05, 0) is 19.9 Å². The van der Waals surface area contributed by atoms with E-state index in [4.69, 9.17) is 5.11 Å². The maximum absolute atomic E-state index is 12.2. The molecule has 0 spiro atoms. The first-order valence-electron chi connectivity index (χ1n) is 7.25. The van der Waals surface area contributed by atoms with Crippen LogP contribution in [0.1, 0.15) is 45.7 Å². The van der Waals surface area contributed by atoms with Gasteiger partial charge in [-0.1, -0.05) is 0 Å². The first-order valence-corrected chi connectivity index (χ1v) is 8.13. The Morgan fingerprint density at radius 1 is 1.38 bits per heavy atom. The Morgan fingerprint density at radius 2 is 2.17 bits per heavy atom. The fourth-order valence-electron chi connectivity index (χ4n) is 2.19. The van der Waals surface area contributed by atoms with Gasteiger partial charge >= 0.3 is 5.97 Å². The summed E-state index contributed by atoms with van der Waals surface area (Å²) in [7, 11) is 0. The molecule has 0 fully saturated rings. The van der Waals surface area contributed by atoms with Gasteiger partial charge in [-0.3, -0.25) is 4.79 Å². The number of nitrogens with one attached hydrogen (secondary N) is 1. The predicted molar refractivity (Wildman–Crippen MR) is 88.2 cm³/mol. The number of hydrogen-bond acceptors (Lipinski definition) is 6. The van der Waals surface area contributed by atoms with Crippen molar-refractivity contribution in [1.29, 1.82) is 0 Å². The molecule has 3 aromatic heterocycles. The molecule has 0 unspecified atom stereocenters. The van der Waals surface area contributed by atoms with Crippen molar-refractivity contribution >= 4 is 34.2 Å². The van der Waals surface area contributed by atoms with E-state index >= 15 is 0 Å². The van der Waals surface area contributed by atoms with Crippen molar-refractivity contribution in [2.45, 2.75) is 26.4 Å². The summed E-state index contributed by atoms with van der Waals surface area (Å²) in [4.78, 5) is 31.3.